The summed E-state index contributed by atoms with van der Waals surface area (Å²) in [6.45, 7) is 6.72. The van der Waals surface area contributed by atoms with Crippen molar-refractivity contribution in [3.05, 3.63) is 57.2 Å². The summed E-state index contributed by atoms with van der Waals surface area (Å²) in [5.41, 5.74) is 0.613. The topological polar surface area (TPSA) is 38.0 Å². The molecule has 0 unspecified atom stereocenters. The maximum absolute atomic E-state index is 12.6. The predicted molar refractivity (Wildman–Crippen MR) is 103 cm³/mol. The highest BCUT2D eigenvalue weighted by atomic mass is 35.5. The van der Waals surface area contributed by atoms with Crippen LogP contribution in [0.5, 0.6) is 0 Å². The van der Waals surface area contributed by atoms with Crippen molar-refractivity contribution in [3.8, 4) is 0 Å². The number of likely N-dealkylation sites (N-methyl/N-ethyl adjacent to an activating group) is 1. The lowest BCUT2D eigenvalue weighted by Crippen LogP contribution is -3.27. The maximum atomic E-state index is 12.6. The normalized spacial score (nSPS) is 23.0. The lowest BCUT2D eigenvalue weighted by atomic mass is 10.0. The number of piperazine rings is 1. The molecule has 3 rings (SSSR count). The van der Waals surface area contributed by atoms with E-state index < -0.39 is 0 Å². The van der Waals surface area contributed by atoms with E-state index >= 15 is 0 Å². The molecule has 3 N–H and O–H groups in total. The minimum atomic E-state index is -0.0595. The summed E-state index contributed by atoms with van der Waals surface area (Å²) >= 11 is 7.80. The third-order valence-electron chi connectivity index (χ3n) is 4.98. The maximum Gasteiger partial charge on any atom is 0.251 e. The second-order valence-corrected chi connectivity index (χ2v) is 8.30. The van der Waals surface area contributed by atoms with Gasteiger partial charge in [-0.05, 0) is 36.6 Å². The molecule has 0 aliphatic carbocycles. The van der Waals surface area contributed by atoms with Gasteiger partial charge in [-0.1, -0.05) is 23.7 Å². The third-order valence-corrected chi connectivity index (χ3v) is 6.17. The molecule has 0 saturated carbocycles. The zero-order valence-corrected chi connectivity index (χ0v) is 16.3. The smallest absolute Gasteiger partial charge is 0.251 e. The van der Waals surface area contributed by atoms with Gasteiger partial charge in [0.15, 0.2) is 0 Å². The number of thiophene rings is 1. The molecular weight excluding hydrogens is 354 g/mol. The average molecular weight is 380 g/mol. The first-order valence-electron chi connectivity index (χ1n) is 8.80. The Morgan fingerprint density at radius 1 is 1.20 bits per heavy atom. The summed E-state index contributed by atoms with van der Waals surface area (Å²) in [6, 6.07) is 11.8. The zero-order valence-electron chi connectivity index (χ0n) is 14.7. The van der Waals surface area contributed by atoms with Crippen LogP contribution in [0.4, 0.5) is 0 Å². The number of quaternary nitrogens is 2. The molecule has 2 aromatic rings. The van der Waals surface area contributed by atoms with Gasteiger partial charge in [0.2, 0.25) is 0 Å². The average Bonchev–Trinajstić information content (AvgIpc) is 3.11. The Hall–Kier alpha value is -1.40. The van der Waals surface area contributed by atoms with Crippen LogP contribution in [0.2, 0.25) is 5.02 Å². The van der Waals surface area contributed by atoms with Crippen molar-refractivity contribution in [1.82, 2.24) is 5.32 Å². The van der Waals surface area contributed by atoms with E-state index in [0.717, 1.165) is 13.1 Å². The van der Waals surface area contributed by atoms with E-state index in [0.29, 0.717) is 10.6 Å². The molecule has 6 heteroatoms. The quantitative estimate of drug-likeness (QED) is 0.702. The predicted octanol–water partition coefficient (Wildman–Crippen LogP) is 0.674. The van der Waals surface area contributed by atoms with E-state index in [4.69, 9.17) is 11.6 Å². The number of amides is 1. The van der Waals surface area contributed by atoms with Crippen LogP contribution in [0.25, 0.3) is 0 Å². The van der Waals surface area contributed by atoms with E-state index in [-0.39, 0.29) is 18.0 Å². The fraction of sp³-hybridized carbons (Fsp3) is 0.421. The monoisotopic (exact) mass is 379 g/mol. The molecule has 1 saturated heterocycles. The molecule has 0 radical (unpaired) electrons. The van der Waals surface area contributed by atoms with Crippen LogP contribution in [-0.2, 0) is 0 Å². The Kier molecular flexibility index (Phi) is 6.12. The van der Waals surface area contributed by atoms with Crippen molar-refractivity contribution in [1.29, 1.82) is 0 Å². The van der Waals surface area contributed by atoms with E-state index in [1.54, 1.807) is 39.3 Å². The lowest BCUT2D eigenvalue weighted by molar-refractivity contribution is -1.02. The molecule has 1 aliphatic heterocycles. The van der Waals surface area contributed by atoms with Crippen LogP contribution in [0.3, 0.4) is 0 Å². The fourth-order valence-corrected chi connectivity index (χ4v) is 4.76. The van der Waals surface area contributed by atoms with Crippen LogP contribution < -0.4 is 15.1 Å². The van der Waals surface area contributed by atoms with Crippen LogP contribution in [0.1, 0.15) is 28.2 Å². The lowest BCUT2D eigenvalue weighted by Gasteiger charge is -2.36. The molecule has 1 amide bonds. The van der Waals surface area contributed by atoms with Crippen molar-refractivity contribution >= 4 is 28.8 Å². The number of halogens is 1. The summed E-state index contributed by atoms with van der Waals surface area (Å²) in [6.07, 6.45) is 0. The van der Waals surface area contributed by atoms with E-state index in [1.807, 2.05) is 6.07 Å². The Morgan fingerprint density at radius 3 is 2.60 bits per heavy atom. The highest BCUT2D eigenvalue weighted by Crippen LogP contribution is 2.20. The van der Waals surface area contributed by atoms with Gasteiger partial charge in [-0.2, -0.15) is 0 Å². The molecule has 1 aliphatic rings. The van der Waals surface area contributed by atoms with Crippen LogP contribution >= 0.6 is 22.9 Å². The number of benzene rings is 1. The highest BCUT2D eigenvalue weighted by molar-refractivity contribution is 7.10. The van der Waals surface area contributed by atoms with Crippen LogP contribution in [0.15, 0.2) is 41.8 Å². The summed E-state index contributed by atoms with van der Waals surface area (Å²) in [4.78, 5) is 17.1. The number of hydrogen-bond acceptors (Lipinski definition) is 2. The van der Waals surface area contributed by atoms with Crippen molar-refractivity contribution < 1.29 is 14.6 Å². The number of carbonyl (C=O) groups excluding carboxylic acids is 1. The van der Waals surface area contributed by atoms with E-state index in [1.165, 1.54) is 18.0 Å². The first-order valence-corrected chi connectivity index (χ1v) is 10.1. The number of rotatable bonds is 5. The van der Waals surface area contributed by atoms with Gasteiger partial charge in [0.25, 0.3) is 5.91 Å². The number of hydrogen-bond donors (Lipinski definition) is 3. The molecule has 1 aromatic heterocycles. The Bertz CT molecular complexity index is 698. The van der Waals surface area contributed by atoms with Gasteiger partial charge in [-0.15, -0.1) is 11.3 Å². The minimum Gasteiger partial charge on any atom is -0.343 e. The van der Waals surface area contributed by atoms with E-state index in [9.17, 15) is 4.79 Å². The van der Waals surface area contributed by atoms with Gasteiger partial charge in [0.1, 0.15) is 32.2 Å². The summed E-state index contributed by atoms with van der Waals surface area (Å²) < 4.78 is 0. The molecule has 0 bridgehead atoms. The molecule has 2 heterocycles. The van der Waals surface area contributed by atoms with Crippen LogP contribution in [-0.4, -0.2) is 45.2 Å². The van der Waals surface area contributed by atoms with E-state index in [2.05, 4.69) is 36.8 Å². The Labute approximate surface area is 158 Å². The summed E-state index contributed by atoms with van der Waals surface area (Å²) in [5, 5.41) is 5.91. The third kappa shape index (κ3) is 4.61. The highest BCUT2D eigenvalue weighted by Gasteiger charge is 2.34. The van der Waals surface area contributed by atoms with Crippen LogP contribution in [0, 0.1) is 0 Å². The number of nitrogens with one attached hydrogen (secondary N) is 3. The molecular formula is C19H26ClN3OS+2. The Morgan fingerprint density at radius 2 is 1.96 bits per heavy atom. The van der Waals surface area contributed by atoms with Gasteiger partial charge >= 0.3 is 0 Å². The molecule has 134 valence electrons. The molecule has 1 aromatic carbocycles. The van der Waals surface area contributed by atoms with Gasteiger partial charge in [-0.25, -0.2) is 0 Å². The number of carbonyl (C=O) groups is 1. The summed E-state index contributed by atoms with van der Waals surface area (Å²) in [7, 11) is 2.25. The van der Waals surface area contributed by atoms with Crippen molar-refractivity contribution in [2.24, 2.45) is 0 Å². The van der Waals surface area contributed by atoms with Gasteiger partial charge in [0.05, 0.1) is 18.0 Å². The molecule has 4 nitrogen and oxygen atoms in total. The molecule has 25 heavy (non-hydrogen) atoms. The standard InChI is InChI=1S/C19H24ClN3OS/c1-14(21-19(24)15-5-3-6-16(20)13-15)18(17-7-4-12-25-17)23-10-8-22(2)9-11-23/h3-7,12-14,18H,8-11H2,1-2H3,(H,21,24)/p+2/t14-,18-/m1/s1. The largest absolute Gasteiger partial charge is 0.343 e. The van der Waals surface area contributed by atoms with Crippen molar-refractivity contribution in [2.75, 3.05) is 33.2 Å². The van der Waals surface area contributed by atoms with Crippen molar-refractivity contribution in [3.63, 3.8) is 0 Å². The summed E-state index contributed by atoms with van der Waals surface area (Å²) in [5.74, 6) is -0.0595. The molecule has 2 atom stereocenters. The second kappa shape index (κ2) is 8.32. The van der Waals surface area contributed by atoms with Gasteiger partial charge in [-0.3, -0.25) is 4.79 Å². The first-order chi connectivity index (χ1) is 12.0. The zero-order chi connectivity index (χ0) is 17.8. The second-order valence-electron chi connectivity index (χ2n) is 6.88. The van der Waals surface area contributed by atoms with Crippen molar-refractivity contribution in [2.45, 2.75) is 19.0 Å². The van der Waals surface area contributed by atoms with Gasteiger partial charge in [0, 0.05) is 10.6 Å². The fourth-order valence-electron chi connectivity index (χ4n) is 3.58. The first kappa shape index (κ1) is 18.4. The Balaban J connectivity index is 1.75. The molecule has 0 spiro atoms. The SMILES string of the molecule is C[C@@H](NC(=O)c1cccc(Cl)c1)[C@H](c1cccs1)[NH+]1CC[NH+](C)CC1. The minimum absolute atomic E-state index is 0.0542. The van der Waals surface area contributed by atoms with Gasteiger partial charge < -0.3 is 15.1 Å². The molecule has 1 fully saturated rings.